The number of alkyl halides is 3. The molecule has 0 spiro atoms. The summed E-state index contributed by atoms with van der Waals surface area (Å²) in [6, 6.07) is 5.45. The molecule has 3 N–H and O–H groups in total. The standard InChI is InChI=1S/C27H23F4N7O3/c28-22-17(3-2-16-18(22)12-38(26(16)41)20-5-6-21(39)36-25(20)40)19-4-1-13(23(32)35-19)9-37-10-14(11-37)24-33-7-15(8-34-24)27(29,30)31/h1-4,7-8,14,20H,5-6,9-12H2,(H2,32,35)(H,36,39,40). The third-order valence-electron chi connectivity index (χ3n) is 7.65. The van der Waals surface area contributed by atoms with Crippen LogP contribution in [0, 0.1) is 5.82 Å². The molecule has 2 saturated heterocycles. The minimum Gasteiger partial charge on any atom is -0.383 e. The summed E-state index contributed by atoms with van der Waals surface area (Å²) in [6.07, 6.45) is -2.65. The summed E-state index contributed by atoms with van der Waals surface area (Å²) >= 11 is 0. The maximum absolute atomic E-state index is 15.6. The zero-order valence-electron chi connectivity index (χ0n) is 21.4. The number of halogens is 4. The van der Waals surface area contributed by atoms with Crippen molar-refractivity contribution in [3.05, 3.63) is 70.6 Å². The summed E-state index contributed by atoms with van der Waals surface area (Å²) in [5.74, 6) is -1.65. The lowest BCUT2D eigenvalue weighted by atomic mass is 9.98. The lowest BCUT2D eigenvalue weighted by molar-refractivity contribution is -0.138. The Morgan fingerprint density at radius 1 is 1.02 bits per heavy atom. The molecule has 2 fully saturated rings. The molecule has 10 nitrogen and oxygen atoms in total. The van der Waals surface area contributed by atoms with Gasteiger partial charge < -0.3 is 10.6 Å². The third-order valence-corrected chi connectivity index (χ3v) is 7.65. The van der Waals surface area contributed by atoms with Crippen LogP contribution in [-0.2, 0) is 28.9 Å². The number of nitrogens with one attached hydrogen (secondary N) is 1. The molecule has 212 valence electrons. The Balaban J connectivity index is 1.13. The number of amides is 3. The van der Waals surface area contributed by atoms with E-state index in [0.29, 0.717) is 31.0 Å². The first-order valence-corrected chi connectivity index (χ1v) is 12.8. The molecule has 0 aliphatic carbocycles. The summed E-state index contributed by atoms with van der Waals surface area (Å²) in [4.78, 5) is 52.1. The van der Waals surface area contributed by atoms with Crippen molar-refractivity contribution in [3.63, 3.8) is 0 Å². The number of carbonyl (C=O) groups excluding carboxylic acids is 3. The smallest absolute Gasteiger partial charge is 0.383 e. The maximum atomic E-state index is 15.6. The lowest BCUT2D eigenvalue weighted by Gasteiger charge is -2.38. The lowest BCUT2D eigenvalue weighted by Crippen LogP contribution is -2.52. The van der Waals surface area contributed by atoms with Gasteiger partial charge >= 0.3 is 6.18 Å². The molecular weight excluding hydrogens is 546 g/mol. The first kappa shape index (κ1) is 26.7. The van der Waals surface area contributed by atoms with Gasteiger partial charge in [0.15, 0.2) is 0 Å². The highest BCUT2D eigenvalue weighted by Gasteiger charge is 2.41. The number of rotatable bonds is 5. The van der Waals surface area contributed by atoms with E-state index in [9.17, 15) is 27.6 Å². The second-order valence-corrected chi connectivity index (χ2v) is 10.3. The second kappa shape index (κ2) is 9.87. The number of imide groups is 1. The molecule has 3 aliphatic heterocycles. The number of aromatic nitrogens is 3. The monoisotopic (exact) mass is 569 g/mol. The maximum Gasteiger partial charge on any atom is 0.419 e. The van der Waals surface area contributed by atoms with Gasteiger partial charge in [0.05, 0.1) is 17.8 Å². The number of fused-ring (bicyclic) bond motifs is 1. The fourth-order valence-corrected chi connectivity index (χ4v) is 5.39. The van der Waals surface area contributed by atoms with Crippen molar-refractivity contribution < 1.29 is 31.9 Å². The van der Waals surface area contributed by atoms with Crippen LogP contribution >= 0.6 is 0 Å². The van der Waals surface area contributed by atoms with E-state index in [1.807, 2.05) is 4.90 Å². The number of nitrogen functional groups attached to an aromatic ring is 1. The van der Waals surface area contributed by atoms with Crippen LogP contribution in [0.3, 0.4) is 0 Å². The average Bonchev–Trinajstić information content (AvgIpc) is 3.23. The van der Waals surface area contributed by atoms with Crippen LogP contribution in [0.5, 0.6) is 0 Å². The van der Waals surface area contributed by atoms with Gasteiger partial charge in [0.25, 0.3) is 5.91 Å². The van der Waals surface area contributed by atoms with Gasteiger partial charge in [-0.3, -0.25) is 24.6 Å². The Bertz CT molecular complexity index is 1570. The summed E-state index contributed by atoms with van der Waals surface area (Å²) < 4.78 is 53.8. The number of hydrogen-bond donors (Lipinski definition) is 2. The molecule has 1 aromatic carbocycles. The van der Waals surface area contributed by atoms with Crippen molar-refractivity contribution in [2.24, 2.45) is 0 Å². The van der Waals surface area contributed by atoms with Crippen LogP contribution in [0.1, 0.15) is 51.6 Å². The molecular formula is C27H23F4N7O3. The Morgan fingerprint density at radius 3 is 2.39 bits per heavy atom. The fourth-order valence-electron chi connectivity index (χ4n) is 5.39. The minimum absolute atomic E-state index is 0.0979. The van der Waals surface area contributed by atoms with Crippen molar-refractivity contribution in [2.75, 3.05) is 18.8 Å². The van der Waals surface area contributed by atoms with E-state index in [1.54, 1.807) is 12.1 Å². The molecule has 1 atom stereocenters. The van der Waals surface area contributed by atoms with Crippen LogP contribution in [0.15, 0.2) is 36.7 Å². The van der Waals surface area contributed by atoms with Gasteiger partial charge in [-0.1, -0.05) is 6.07 Å². The van der Waals surface area contributed by atoms with E-state index < -0.39 is 41.3 Å². The van der Waals surface area contributed by atoms with Gasteiger partial charge in [-0.2, -0.15) is 13.2 Å². The predicted octanol–water partition coefficient (Wildman–Crippen LogP) is 2.64. The van der Waals surface area contributed by atoms with Crippen molar-refractivity contribution in [1.29, 1.82) is 0 Å². The number of piperidine rings is 1. The molecule has 0 bridgehead atoms. The van der Waals surface area contributed by atoms with Gasteiger partial charge in [-0.05, 0) is 24.6 Å². The number of anilines is 1. The Kier molecular flexibility index (Phi) is 6.44. The topological polar surface area (TPSA) is 134 Å². The minimum atomic E-state index is -4.49. The van der Waals surface area contributed by atoms with Crippen molar-refractivity contribution >= 4 is 23.5 Å². The molecule has 2 aromatic heterocycles. The zero-order valence-corrected chi connectivity index (χ0v) is 21.4. The number of nitrogens with zero attached hydrogens (tertiary/aromatic N) is 5. The molecule has 3 aromatic rings. The van der Waals surface area contributed by atoms with Gasteiger partial charge in [-0.25, -0.2) is 19.3 Å². The van der Waals surface area contributed by atoms with Gasteiger partial charge in [-0.15, -0.1) is 0 Å². The third kappa shape index (κ3) is 4.88. The van der Waals surface area contributed by atoms with Crippen LogP contribution < -0.4 is 11.1 Å². The summed E-state index contributed by atoms with van der Waals surface area (Å²) in [7, 11) is 0. The molecule has 14 heteroatoms. The Morgan fingerprint density at radius 2 is 1.73 bits per heavy atom. The van der Waals surface area contributed by atoms with Gasteiger partial charge in [0.1, 0.15) is 23.5 Å². The van der Waals surface area contributed by atoms with Crippen molar-refractivity contribution in [2.45, 2.75) is 44.1 Å². The normalized spacial score (nSPS) is 19.8. The van der Waals surface area contributed by atoms with Crippen LogP contribution in [0.4, 0.5) is 23.4 Å². The van der Waals surface area contributed by atoms with Crippen LogP contribution in [-0.4, -0.2) is 61.6 Å². The highest BCUT2D eigenvalue weighted by atomic mass is 19.4. The van der Waals surface area contributed by atoms with Crippen LogP contribution in [0.25, 0.3) is 11.3 Å². The van der Waals surface area contributed by atoms with E-state index in [1.165, 1.54) is 17.0 Å². The van der Waals surface area contributed by atoms with Crippen LogP contribution in [0.2, 0.25) is 0 Å². The predicted molar refractivity (Wildman–Crippen MR) is 135 cm³/mol. The molecule has 0 radical (unpaired) electrons. The zero-order chi connectivity index (χ0) is 29.1. The van der Waals surface area contributed by atoms with E-state index in [4.69, 9.17) is 5.73 Å². The van der Waals surface area contributed by atoms with Crippen molar-refractivity contribution in [3.8, 4) is 11.3 Å². The number of pyridine rings is 1. The quantitative estimate of drug-likeness (QED) is 0.354. The summed E-state index contributed by atoms with van der Waals surface area (Å²) in [5.41, 5.74) is 6.74. The number of likely N-dealkylation sites (tertiary alicyclic amines) is 1. The molecule has 5 heterocycles. The average molecular weight is 570 g/mol. The summed E-state index contributed by atoms with van der Waals surface area (Å²) in [5, 5.41) is 2.22. The molecule has 3 aliphatic rings. The van der Waals surface area contributed by atoms with Gasteiger partial charge in [0.2, 0.25) is 11.8 Å². The highest BCUT2D eigenvalue weighted by Crippen LogP contribution is 2.35. The number of hydrogen-bond acceptors (Lipinski definition) is 8. The number of benzene rings is 1. The first-order chi connectivity index (χ1) is 19.5. The van der Waals surface area contributed by atoms with Crippen molar-refractivity contribution in [1.82, 2.24) is 30.1 Å². The van der Waals surface area contributed by atoms with E-state index >= 15 is 4.39 Å². The van der Waals surface area contributed by atoms with E-state index in [0.717, 1.165) is 12.4 Å². The first-order valence-electron chi connectivity index (χ1n) is 12.8. The Hall–Kier alpha value is -4.46. The van der Waals surface area contributed by atoms with E-state index in [2.05, 4.69) is 20.3 Å². The summed E-state index contributed by atoms with van der Waals surface area (Å²) in [6.45, 7) is 1.39. The van der Waals surface area contributed by atoms with Gasteiger partial charge in [0, 0.05) is 66.6 Å². The molecule has 1 unspecified atom stereocenters. The number of carbonyl (C=O) groups is 3. The highest BCUT2D eigenvalue weighted by molar-refractivity contribution is 6.05. The second-order valence-electron chi connectivity index (χ2n) is 10.3. The fraction of sp³-hybridized carbons (Fsp3) is 0.333. The Labute approximate surface area is 230 Å². The van der Waals surface area contributed by atoms with E-state index in [-0.39, 0.29) is 53.5 Å². The largest absolute Gasteiger partial charge is 0.419 e. The molecule has 6 rings (SSSR count). The molecule has 3 amide bonds. The SMILES string of the molecule is Nc1nc(-c2ccc3c(c2F)CN(C2CCC(=O)NC2=O)C3=O)ccc1CN1CC(c2ncc(C(F)(F)F)cn2)C1. The molecule has 0 saturated carbocycles. The number of nitrogens with two attached hydrogens (primary N) is 1. The molecule has 41 heavy (non-hydrogen) atoms.